The largest absolute Gasteiger partial charge is 0.480 e. The van der Waals surface area contributed by atoms with Gasteiger partial charge in [-0.1, -0.05) is 33.1 Å². The van der Waals surface area contributed by atoms with Crippen LogP contribution in [0.25, 0.3) is 0 Å². The summed E-state index contributed by atoms with van der Waals surface area (Å²) in [6.45, 7) is 0.468. The van der Waals surface area contributed by atoms with Crippen LogP contribution in [0.15, 0.2) is 33.8 Å². The molecule has 0 fully saturated rings. The summed E-state index contributed by atoms with van der Waals surface area (Å²) in [5.74, 6) is -44.7. The number of rotatable bonds is 61. The van der Waals surface area contributed by atoms with Crippen LogP contribution in [0.1, 0.15) is 78.6 Å². The lowest BCUT2D eigenvalue weighted by Crippen LogP contribution is -2.63. The van der Waals surface area contributed by atoms with Gasteiger partial charge in [0.25, 0.3) is 76.8 Å². The maximum Gasteiger partial charge on any atom is 0.409 e. The van der Waals surface area contributed by atoms with Crippen LogP contribution in [-0.4, -0.2) is 394 Å². The van der Waals surface area contributed by atoms with Gasteiger partial charge in [-0.05, 0) is 38.3 Å². The number of aliphatic hydroxyl groups is 3. The molecule has 0 radical (unpaired) electrons. The number of nitrogens with zero attached hydrogens (tertiary/aromatic N) is 2. The molecule has 18 atom stereocenters. The van der Waals surface area contributed by atoms with Crippen molar-refractivity contribution in [2.45, 2.75) is 176 Å². The van der Waals surface area contributed by atoms with Gasteiger partial charge in [0.15, 0.2) is 24.1 Å². The predicted molar refractivity (Wildman–Crippen MR) is 450 cm³/mol. The van der Waals surface area contributed by atoms with E-state index in [1.807, 2.05) is 0 Å². The first-order valence-corrected chi connectivity index (χ1v) is 50.2. The molecule has 0 bridgehead atoms. The molecule has 2 rings (SSSR count). The summed E-state index contributed by atoms with van der Waals surface area (Å²) in [5.41, 5.74) is 22.2. The second kappa shape index (κ2) is 54.3. The number of aliphatic carboxylic acids is 2. The average molecular weight is 2100 g/mol. The Hall–Kier alpha value is -11.6. The van der Waals surface area contributed by atoms with Crippen LogP contribution >= 0.6 is 0 Å². The van der Waals surface area contributed by atoms with Gasteiger partial charge in [0.1, 0.15) is 119 Å². The van der Waals surface area contributed by atoms with Crippen molar-refractivity contribution in [3.05, 3.63) is 23.9 Å². The van der Waals surface area contributed by atoms with E-state index in [-0.39, 0.29) is 58.1 Å². The molecule has 2 heterocycles. The highest BCUT2D eigenvalue weighted by atomic mass is 32.2. The maximum absolute atomic E-state index is 14.7. The second-order valence-electron chi connectivity index (χ2n) is 29.5. The van der Waals surface area contributed by atoms with Gasteiger partial charge in [-0.15, -0.1) is 0 Å². The van der Waals surface area contributed by atoms with Crippen molar-refractivity contribution < 1.29 is 217 Å². The quantitative estimate of drug-likeness (QED) is 0.00511. The summed E-state index contributed by atoms with van der Waals surface area (Å²) >= 11 is 0. The zero-order chi connectivity index (χ0) is 104. The number of nitrogens with one attached hydrogen (secondary N) is 12. The summed E-state index contributed by atoms with van der Waals surface area (Å²) in [5, 5.41) is 71.3. The number of amides is 11. The van der Waals surface area contributed by atoms with Crippen molar-refractivity contribution >= 4 is 178 Å². The Kier molecular flexibility index (Phi) is 48.1. The van der Waals surface area contributed by atoms with E-state index in [1.165, 1.54) is 38.8 Å². The number of carboxylic acid groups (broad SMARTS) is 2. The average Bonchev–Trinajstić information content (AvgIpc) is 0.797. The van der Waals surface area contributed by atoms with Gasteiger partial charge in [-0.3, -0.25) is 89.4 Å². The van der Waals surface area contributed by atoms with E-state index in [0.717, 1.165) is 19.1 Å². The lowest BCUT2D eigenvalue weighted by atomic mass is 9.87. The van der Waals surface area contributed by atoms with Gasteiger partial charge in [0, 0.05) is 38.3 Å². The molecule has 0 spiro atoms. The number of carboxylic acids is 2. The van der Waals surface area contributed by atoms with E-state index < -0.39 is 365 Å². The molecule has 72 heteroatoms. The fourth-order valence-corrected chi connectivity index (χ4v) is 16.8. The molecule has 65 nitrogen and oxygen atoms in total. The third kappa shape index (κ3) is 47.7. The van der Waals surface area contributed by atoms with E-state index in [9.17, 15) is 188 Å². The van der Waals surface area contributed by atoms with Gasteiger partial charge >= 0.3 is 30.6 Å². The summed E-state index contributed by atoms with van der Waals surface area (Å²) in [6.07, 6.45) is -13.8. The van der Waals surface area contributed by atoms with E-state index in [1.54, 1.807) is 12.2 Å². The number of aliphatic imine (C=N–C) groups is 2. The molecule has 0 aliphatic carbocycles. The lowest BCUT2D eigenvalue weighted by molar-refractivity contribution is -0.150. The minimum absolute atomic E-state index is 0.0481. The van der Waals surface area contributed by atoms with Gasteiger partial charge in [0.05, 0.1) is 31.2 Å². The molecule has 5 unspecified atom stereocenters. The second-order valence-corrected chi connectivity index (χ2v) is 40.0. The molecule has 0 aromatic rings. The Morgan fingerprint density at radius 2 is 0.919 bits per heavy atom. The Morgan fingerprint density at radius 1 is 0.500 bits per heavy atom. The summed E-state index contributed by atoms with van der Waals surface area (Å²) in [7, 11) is -40.0. The van der Waals surface area contributed by atoms with Crippen LogP contribution in [0, 0.1) is 11.8 Å². The number of ether oxygens (including phenoxy) is 5. The van der Waals surface area contributed by atoms with Gasteiger partial charge in [-0.2, -0.15) is 58.9 Å². The maximum atomic E-state index is 14.7. The summed E-state index contributed by atoms with van der Waals surface area (Å²) in [6, 6.07) is -25.5. The Labute approximate surface area is 772 Å². The van der Waals surface area contributed by atoms with Crippen molar-refractivity contribution in [1.82, 2.24) is 63.8 Å². The Balaban J connectivity index is 2.76. The first-order chi connectivity index (χ1) is 62.5. The molecule has 774 valence electrons. The van der Waals surface area contributed by atoms with Crippen LogP contribution in [-0.2, 0) is 162 Å². The third-order valence-corrected chi connectivity index (χ3v) is 23.4. The minimum Gasteiger partial charge on any atom is -0.480 e. The standard InChI is InChI=1S/C64H104N18O47S7/c1-4-5-7-10-44(82-64(103)129-50(42(89)19-84)51-47(71-29(3)86)33(80-62(67)68)16-46(127-51)125-27-85)81-52(91)30(13-31(87)17-69-11-8-6-9-12-70-63(102)128-49(41(88)18-83)48-28(2)32(79-61(65)66)15-43(126-48)60(100)101)14-45(90)72-34(20-130(104,105)106)53(92)73-35(21-131(107,108)109)54(93)74-36(22-132(110,111)112)55(94)75-37(23-133(113,114)115)56(95)76-38(24-134(116,117)118)57(96)77-39(25-135(119,120)121)58(97)78-40(59(98)99)26-136(122,123)124/h15-16,27-28,30,32-41,44,47-51,69,83-84,88H,4-14,17-26H2,1-3H3,(H,70,102)(H,71,86)(H,72,90)(H,73,92)(H,74,93)(H,75,94)(H,76,95)(H,77,96)(H,78,97)(H,81,91)(H,82,103)(H,98,99)(H,100,101)(H4,65,66,79)(H4,67,68,80)(H,104,105,106)(H,107,108,109)(H,110,111,112)(H,113,114,115)(H,116,117,118)(H,119,120,121)(H,122,123,124)/t28-,30?,32+,33+,34-,35-,36-,37-,38-,39-,40-,41?,44?,47-,48?,49-,50-,51?/m1/s1. The normalized spacial score (nSPS) is 19.0. The van der Waals surface area contributed by atoms with Crippen molar-refractivity contribution in [2.24, 2.45) is 44.8 Å². The molecule has 0 aromatic carbocycles. The summed E-state index contributed by atoms with van der Waals surface area (Å²) in [4.78, 5) is 222. The molecule has 136 heavy (non-hydrogen) atoms. The SMILES string of the molecule is CCCCCC(NC(=O)O[C@H](C(=O)CO)C1OC(OC=O)=C[C@H](N=C(N)N)[C@H]1NC(C)=O)NC(=O)C(CC(=O)CNCCCCCNC(=O)O[C@H](C(O)CO)C1OC(C(=O)O)=C[C@H](N=C(N)N)[C@H]1C)CC(=O)N[C@H](CS(=O)(=O)O)C(=O)N[C@H](CS(=O)(=O)O)C(=O)N[C@H](CS(=O)(=O)O)C(=O)N[C@H](CS(=O)(=O)O)C(=O)N[C@H](CS(=O)(=O)O)C(=O)N[C@H](CS(=O)(=O)O)C(=O)N[C@H](CS(=O)(=O)O)C(=O)O. The lowest BCUT2D eigenvalue weighted by Gasteiger charge is -2.38. The number of hydrogen-bond donors (Lipinski definition) is 28. The molecule has 2 aliphatic rings. The topological polar surface area (TPSA) is 1070 Å². The highest BCUT2D eigenvalue weighted by molar-refractivity contribution is 7.87. The van der Waals surface area contributed by atoms with Crippen LogP contribution in [0.2, 0.25) is 0 Å². The molecule has 11 amide bonds. The summed E-state index contributed by atoms with van der Waals surface area (Å²) < 4.78 is 265. The number of unbranched alkanes of at least 4 members (excludes halogenated alkanes) is 4. The van der Waals surface area contributed by atoms with Crippen molar-refractivity contribution in [2.75, 3.05) is 73.1 Å². The monoisotopic (exact) mass is 2100 g/mol. The number of carbonyl (C=O) groups excluding carboxylic acids is 14. The first kappa shape index (κ1) is 120. The molecule has 0 saturated carbocycles. The third-order valence-electron chi connectivity index (χ3n) is 18.1. The molecular formula is C64H104N18O47S7. The van der Waals surface area contributed by atoms with Crippen molar-refractivity contribution in [1.29, 1.82) is 0 Å². The molecule has 2 aliphatic heterocycles. The van der Waals surface area contributed by atoms with E-state index in [0.29, 0.717) is 6.42 Å². The molecular weight excluding hydrogens is 2000 g/mol. The minimum atomic E-state index is -5.87. The smallest absolute Gasteiger partial charge is 0.409 e. The Bertz CT molecular complexity index is 5310. The van der Waals surface area contributed by atoms with E-state index in [4.69, 9.17) is 51.2 Å². The fourth-order valence-electron chi connectivity index (χ4n) is 12.2. The van der Waals surface area contributed by atoms with Crippen LogP contribution in [0.3, 0.4) is 0 Å². The van der Waals surface area contributed by atoms with Gasteiger partial charge in [0.2, 0.25) is 70.8 Å². The first-order valence-electron chi connectivity index (χ1n) is 38.9. The molecule has 0 saturated heterocycles. The van der Waals surface area contributed by atoms with Crippen LogP contribution in [0.5, 0.6) is 0 Å². The van der Waals surface area contributed by atoms with Crippen LogP contribution < -0.4 is 86.7 Å². The highest BCUT2D eigenvalue weighted by Crippen LogP contribution is 2.31. The number of Topliss-reactive ketones (excluding diaryl/α,β-unsaturated/α-hetero) is 2. The van der Waals surface area contributed by atoms with E-state index in [2.05, 4.69) is 36.6 Å². The molecule has 0 aromatic heterocycles. The highest BCUT2D eigenvalue weighted by Gasteiger charge is 2.49. The zero-order valence-electron chi connectivity index (χ0n) is 71.2. The number of carbonyl (C=O) groups is 16. The fraction of sp³-hybridized carbons (Fsp3) is 0.656. The van der Waals surface area contributed by atoms with Gasteiger partial charge in [-0.25, -0.2) is 29.2 Å². The number of alkyl carbamates (subject to hydrolysis) is 2. The zero-order valence-corrected chi connectivity index (χ0v) is 76.9. The number of hydrogen-bond acceptors (Lipinski definition) is 41. The Morgan fingerprint density at radius 3 is 1.31 bits per heavy atom. The van der Waals surface area contributed by atoms with Crippen molar-refractivity contribution in [3.8, 4) is 0 Å². The predicted octanol–water partition coefficient (Wildman–Crippen LogP) is -15.3. The van der Waals surface area contributed by atoms with Crippen molar-refractivity contribution in [3.63, 3.8) is 0 Å². The molecule has 32 N–H and O–H groups in total. The van der Waals surface area contributed by atoms with Gasteiger partial charge < -0.3 is 136 Å². The van der Waals surface area contributed by atoms with E-state index >= 15 is 0 Å². The number of aliphatic hydroxyl groups excluding tert-OH is 3. The number of guanidine groups is 2. The van der Waals surface area contributed by atoms with Crippen LogP contribution in [0.4, 0.5) is 9.59 Å². The number of nitrogens with two attached hydrogens (primary N) is 4. The number of ketones is 2.